The van der Waals surface area contributed by atoms with Crippen molar-refractivity contribution in [2.24, 2.45) is 0 Å². The maximum atomic E-state index is 11.9. The van der Waals surface area contributed by atoms with Gasteiger partial charge in [0.05, 0.1) is 22.7 Å². The summed E-state index contributed by atoms with van der Waals surface area (Å²) >= 11 is 13.2. The van der Waals surface area contributed by atoms with Crippen LogP contribution >= 0.6 is 23.2 Å². The molecule has 1 N–H and O–H groups in total. The van der Waals surface area contributed by atoms with Crippen molar-refractivity contribution in [3.05, 3.63) is 56.1 Å². The van der Waals surface area contributed by atoms with E-state index in [1.165, 1.54) is 28.4 Å². The van der Waals surface area contributed by atoms with E-state index in [0.29, 0.717) is 34.6 Å². The van der Waals surface area contributed by atoms with E-state index < -0.39 is 6.10 Å². The van der Waals surface area contributed by atoms with Gasteiger partial charge in [-0.15, -0.1) is 0 Å². The van der Waals surface area contributed by atoms with Crippen LogP contribution in [0, 0.1) is 6.92 Å². The van der Waals surface area contributed by atoms with Crippen LogP contribution in [-0.4, -0.2) is 53.9 Å². The normalized spacial score (nSPS) is 11.7. The third-order valence-corrected chi connectivity index (χ3v) is 6.16. The van der Waals surface area contributed by atoms with Gasteiger partial charge in [-0.3, -0.25) is 0 Å². The van der Waals surface area contributed by atoms with Gasteiger partial charge in [-0.2, -0.15) is 0 Å². The minimum atomic E-state index is -1.29. The second-order valence-corrected chi connectivity index (χ2v) is 8.81. The van der Waals surface area contributed by atoms with E-state index in [2.05, 4.69) is 0 Å². The molecule has 0 fully saturated rings. The summed E-state index contributed by atoms with van der Waals surface area (Å²) in [4.78, 5) is 0. The highest BCUT2D eigenvalue weighted by Gasteiger charge is 2.31. The maximum Gasteiger partial charge on any atom is 0.188 e. The Morgan fingerprint density at radius 3 is 2.06 bits per heavy atom. The molecule has 2 aromatic rings. The SMILES string of the molecule is COCOc1cc(OCOC)c(CC=C(C)C)c(C(O)c2c(OC)c(Cl)c(C)c(Cl)c2OCOC)c1. The zero-order chi connectivity index (χ0) is 26.8. The summed E-state index contributed by atoms with van der Waals surface area (Å²) in [5, 5.41) is 12.4. The molecular formula is C26H34Cl2O8. The standard InChI is InChI=1S/C26H34Cl2O8/c1-15(2)8-9-18-19(10-17(34-12-30-4)11-20(18)35-13-31-5)24(29)21-25(33-7)22(27)16(3)23(28)26(21)36-14-32-6/h8,10-11,24,29H,9,12-14H2,1-7H3. The molecule has 0 spiro atoms. The Balaban J connectivity index is 2.87. The van der Waals surface area contributed by atoms with Crippen molar-refractivity contribution in [3.8, 4) is 23.0 Å². The van der Waals surface area contributed by atoms with Gasteiger partial charge in [-0.1, -0.05) is 34.9 Å². The van der Waals surface area contributed by atoms with Crippen molar-refractivity contribution in [1.82, 2.24) is 0 Å². The molecule has 10 heteroatoms. The zero-order valence-electron chi connectivity index (χ0n) is 21.7. The van der Waals surface area contributed by atoms with Gasteiger partial charge in [0.2, 0.25) is 0 Å². The van der Waals surface area contributed by atoms with Gasteiger partial charge in [0.1, 0.15) is 23.4 Å². The molecule has 2 aromatic carbocycles. The number of halogens is 2. The van der Waals surface area contributed by atoms with Gasteiger partial charge >= 0.3 is 0 Å². The van der Waals surface area contributed by atoms with E-state index in [9.17, 15) is 5.11 Å². The van der Waals surface area contributed by atoms with Gasteiger partial charge in [0, 0.05) is 33.0 Å². The lowest BCUT2D eigenvalue weighted by Gasteiger charge is -2.25. The highest BCUT2D eigenvalue weighted by molar-refractivity contribution is 6.38. The van der Waals surface area contributed by atoms with Crippen LogP contribution in [0.4, 0.5) is 0 Å². The van der Waals surface area contributed by atoms with Gasteiger partial charge in [0.25, 0.3) is 0 Å². The molecule has 0 saturated carbocycles. The minimum Gasteiger partial charge on any atom is -0.495 e. The third-order valence-electron chi connectivity index (χ3n) is 5.25. The Morgan fingerprint density at radius 2 is 1.47 bits per heavy atom. The summed E-state index contributed by atoms with van der Waals surface area (Å²) in [7, 11) is 5.98. The van der Waals surface area contributed by atoms with E-state index in [-0.39, 0.29) is 47.5 Å². The Kier molecular flexibility index (Phi) is 12.1. The summed E-state index contributed by atoms with van der Waals surface area (Å²) in [5.41, 5.74) is 3.07. The third kappa shape index (κ3) is 7.18. The first-order chi connectivity index (χ1) is 17.2. The maximum absolute atomic E-state index is 11.9. The molecule has 0 aliphatic rings. The molecule has 8 nitrogen and oxygen atoms in total. The molecule has 0 bridgehead atoms. The molecule has 36 heavy (non-hydrogen) atoms. The van der Waals surface area contributed by atoms with Crippen molar-refractivity contribution in [2.75, 3.05) is 48.8 Å². The lowest BCUT2D eigenvalue weighted by atomic mass is 9.91. The number of rotatable bonds is 14. The Morgan fingerprint density at radius 1 is 0.889 bits per heavy atom. The highest BCUT2D eigenvalue weighted by Crippen LogP contribution is 2.50. The predicted molar refractivity (Wildman–Crippen MR) is 139 cm³/mol. The van der Waals surface area contributed by atoms with E-state index >= 15 is 0 Å². The predicted octanol–water partition coefficient (Wildman–Crippen LogP) is 5.85. The molecule has 0 heterocycles. The summed E-state index contributed by atoms with van der Waals surface area (Å²) in [6.07, 6.45) is 1.19. The number of hydrogen-bond donors (Lipinski definition) is 1. The monoisotopic (exact) mass is 544 g/mol. The van der Waals surface area contributed by atoms with Gasteiger partial charge in [0.15, 0.2) is 26.1 Å². The van der Waals surface area contributed by atoms with E-state index in [4.69, 9.17) is 56.4 Å². The zero-order valence-corrected chi connectivity index (χ0v) is 23.2. The lowest BCUT2D eigenvalue weighted by Crippen LogP contribution is -2.13. The van der Waals surface area contributed by atoms with Gasteiger partial charge in [-0.05, 0) is 44.4 Å². The second-order valence-electron chi connectivity index (χ2n) is 8.06. The van der Waals surface area contributed by atoms with Crippen LogP contribution in [0.15, 0.2) is 23.8 Å². The van der Waals surface area contributed by atoms with Crippen LogP contribution in [0.3, 0.4) is 0 Å². The van der Waals surface area contributed by atoms with Crippen molar-refractivity contribution < 1.29 is 38.3 Å². The molecule has 0 aliphatic carbocycles. The largest absolute Gasteiger partial charge is 0.495 e. The Labute approximate surface area is 222 Å². The highest BCUT2D eigenvalue weighted by atomic mass is 35.5. The fourth-order valence-corrected chi connectivity index (χ4v) is 4.08. The molecule has 0 saturated heterocycles. The second kappa shape index (κ2) is 14.5. The molecule has 200 valence electrons. The van der Waals surface area contributed by atoms with Crippen molar-refractivity contribution in [2.45, 2.75) is 33.3 Å². The number of allylic oxidation sites excluding steroid dienone is 2. The molecule has 0 aromatic heterocycles. The van der Waals surface area contributed by atoms with Crippen LogP contribution < -0.4 is 18.9 Å². The summed E-state index contributed by atoms with van der Waals surface area (Å²) < 4.78 is 38.2. The minimum absolute atomic E-state index is 0.000277. The Hall–Kier alpha value is -2.20. The smallest absolute Gasteiger partial charge is 0.188 e. The fraction of sp³-hybridized carbons (Fsp3) is 0.462. The van der Waals surface area contributed by atoms with Crippen molar-refractivity contribution in [3.63, 3.8) is 0 Å². The summed E-state index contributed by atoms with van der Waals surface area (Å²) in [6.45, 7) is 5.61. The van der Waals surface area contributed by atoms with E-state index in [0.717, 1.165) is 5.57 Å². The first-order valence-corrected chi connectivity index (χ1v) is 11.9. The number of ether oxygens (including phenoxy) is 7. The van der Waals surface area contributed by atoms with Crippen LogP contribution in [-0.2, 0) is 20.6 Å². The molecule has 1 unspecified atom stereocenters. The number of aliphatic hydroxyl groups is 1. The van der Waals surface area contributed by atoms with Crippen molar-refractivity contribution in [1.29, 1.82) is 0 Å². The van der Waals surface area contributed by atoms with Crippen LogP contribution in [0.2, 0.25) is 10.0 Å². The van der Waals surface area contributed by atoms with Gasteiger partial charge < -0.3 is 38.3 Å². The summed E-state index contributed by atoms with van der Waals surface area (Å²) in [5.74, 6) is 1.31. The Bertz CT molecular complexity index is 1050. The topological polar surface area (TPSA) is 84.8 Å². The van der Waals surface area contributed by atoms with Crippen LogP contribution in [0.25, 0.3) is 0 Å². The fourth-order valence-electron chi connectivity index (χ4n) is 3.51. The van der Waals surface area contributed by atoms with Crippen LogP contribution in [0.1, 0.15) is 42.2 Å². The van der Waals surface area contributed by atoms with Crippen LogP contribution in [0.5, 0.6) is 23.0 Å². The average molecular weight is 545 g/mol. The average Bonchev–Trinajstić information content (AvgIpc) is 2.86. The van der Waals surface area contributed by atoms with E-state index in [1.807, 2.05) is 19.9 Å². The first-order valence-electron chi connectivity index (χ1n) is 11.1. The number of benzene rings is 2. The van der Waals surface area contributed by atoms with E-state index in [1.54, 1.807) is 19.1 Å². The molecule has 0 aliphatic heterocycles. The molecule has 0 radical (unpaired) electrons. The lowest BCUT2D eigenvalue weighted by molar-refractivity contribution is 0.0447. The number of methoxy groups -OCH3 is 4. The molecule has 2 rings (SSSR count). The number of hydrogen-bond acceptors (Lipinski definition) is 8. The quantitative estimate of drug-likeness (QED) is 0.234. The molecular weight excluding hydrogens is 511 g/mol. The summed E-state index contributed by atoms with van der Waals surface area (Å²) in [6, 6.07) is 3.43. The number of aliphatic hydroxyl groups excluding tert-OH is 1. The van der Waals surface area contributed by atoms with Crippen molar-refractivity contribution >= 4 is 23.2 Å². The first kappa shape index (κ1) is 30.0. The van der Waals surface area contributed by atoms with Gasteiger partial charge in [-0.25, -0.2) is 0 Å². The molecule has 1 atom stereocenters. The molecule has 0 amide bonds.